The minimum atomic E-state index is -1.01. The number of hydrogen-bond donors (Lipinski definition) is 2. The van der Waals surface area contributed by atoms with Gasteiger partial charge in [0.2, 0.25) is 0 Å². The molecule has 0 bridgehead atoms. The maximum absolute atomic E-state index is 12.7. The number of benzene rings is 1. The highest BCUT2D eigenvalue weighted by Gasteiger charge is 2.36. The van der Waals surface area contributed by atoms with E-state index < -0.39 is 12.0 Å². The highest BCUT2D eigenvalue weighted by molar-refractivity contribution is 6.40. The molecule has 1 aliphatic heterocycles. The highest BCUT2D eigenvalue weighted by Crippen LogP contribution is 2.24. The average molecular weight is 383 g/mol. The number of anilines is 1. The largest absolute Gasteiger partial charge is 0.480 e. The van der Waals surface area contributed by atoms with Gasteiger partial charge in [-0.2, -0.15) is 10.2 Å². The number of nitrogens with one attached hydrogen (secondary N) is 1. The van der Waals surface area contributed by atoms with Crippen molar-refractivity contribution in [1.82, 2.24) is 15.1 Å². The molecule has 1 atom stereocenters. The molecule has 1 unspecified atom stereocenters. The zero-order valence-electron chi connectivity index (χ0n) is 16.3. The summed E-state index contributed by atoms with van der Waals surface area (Å²) in [6.45, 7) is 4.43. The van der Waals surface area contributed by atoms with Crippen molar-refractivity contribution in [2.45, 2.75) is 45.7 Å². The summed E-state index contributed by atoms with van der Waals surface area (Å²) in [5.41, 5.74) is 3.93. The molecule has 1 aliphatic rings. The smallest absolute Gasteiger partial charge is 0.328 e. The Morgan fingerprint density at radius 2 is 1.93 bits per heavy atom. The van der Waals surface area contributed by atoms with E-state index in [1.165, 1.54) is 5.01 Å². The number of aliphatic carboxylic acids is 1. The number of carboxylic acids is 1. The zero-order chi connectivity index (χ0) is 20.3. The Hall–Kier alpha value is -3.16. The predicted octanol–water partition coefficient (Wildman–Crippen LogP) is 1.88. The van der Waals surface area contributed by atoms with E-state index in [2.05, 4.69) is 22.4 Å². The third-order valence-corrected chi connectivity index (χ3v) is 4.93. The fourth-order valence-corrected chi connectivity index (χ4v) is 3.52. The topological polar surface area (TPSA) is 99.8 Å². The van der Waals surface area contributed by atoms with E-state index in [0.717, 1.165) is 29.8 Å². The number of carbonyl (C=O) groups is 2. The Kier molecular flexibility index (Phi) is 5.77. The number of aryl methyl sites for hydroxylation is 2. The number of nitrogens with zero attached hydrogens (tertiary/aromatic N) is 4. The Bertz CT molecular complexity index is 904. The summed E-state index contributed by atoms with van der Waals surface area (Å²) in [7, 11) is 1.90. The van der Waals surface area contributed by atoms with Crippen LogP contribution in [0.5, 0.6) is 0 Å². The van der Waals surface area contributed by atoms with Crippen LogP contribution in [0.25, 0.3) is 0 Å². The van der Waals surface area contributed by atoms with Gasteiger partial charge in [-0.25, -0.2) is 4.79 Å². The standard InChI is InChI=1S/C20H25N5O3/c1-4-15-14(17(5-2)24(3)22-15)12-21-19(26)16-11-18(20(27)28)25(23-16)13-9-7-6-8-10-13/h6-10,18H,4-5,11-12H2,1-3H3,(H,21,26)(H,27,28). The summed E-state index contributed by atoms with van der Waals surface area (Å²) >= 11 is 0. The summed E-state index contributed by atoms with van der Waals surface area (Å²) < 4.78 is 1.85. The van der Waals surface area contributed by atoms with E-state index in [4.69, 9.17) is 0 Å². The molecule has 8 nitrogen and oxygen atoms in total. The molecular weight excluding hydrogens is 358 g/mol. The molecule has 148 valence electrons. The number of amides is 1. The Morgan fingerprint density at radius 3 is 2.54 bits per heavy atom. The molecule has 0 fully saturated rings. The Balaban J connectivity index is 1.77. The van der Waals surface area contributed by atoms with Gasteiger partial charge in [0.1, 0.15) is 5.71 Å². The molecule has 2 aromatic rings. The lowest BCUT2D eigenvalue weighted by Crippen LogP contribution is -2.35. The quantitative estimate of drug-likeness (QED) is 0.760. The van der Waals surface area contributed by atoms with Crippen LogP contribution in [0.1, 0.15) is 37.2 Å². The van der Waals surface area contributed by atoms with Crippen molar-refractivity contribution in [3.63, 3.8) is 0 Å². The molecule has 3 rings (SSSR count). The normalized spacial score (nSPS) is 16.2. The second-order valence-electron chi connectivity index (χ2n) is 6.67. The molecule has 28 heavy (non-hydrogen) atoms. The molecule has 0 saturated heterocycles. The van der Waals surface area contributed by atoms with Crippen LogP contribution in [0, 0.1) is 0 Å². The van der Waals surface area contributed by atoms with Crippen LogP contribution in [0.3, 0.4) is 0 Å². The molecule has 2 heterocycles. The minimum absolute atomic E-state index is 0.0599. The van der Waals surface area contributed by atoms with Gasteiger partial charge in [-0.3, -0.25) is 14.5 Å². The van der Waals surface area contributed by atoms with Gasteiger partial charge in [0.25, 0.3) is 5.91 Å². The van der Waals surface area contributed by atoms with Crippen LogP contribution in [0.4, 0.5) is 5.69 Å². The second-order valence-corrected chi connectivity index (χ2v) is 6.67. The zero-order valence-corrected chi connectivity index (χ0v) is 16.3. The molecule has 1 aromatic carbocycles. The number of hydrazone groups is 1. The van der Waals surface area contributed by atoms with Gasteiger partial charge in [0, 0.05) is 31.3 Å². The van der Waals surface area contributed by atoms with Gasteiger partial charge in [0.05, 0.1) is 11.4 Å². The number of rotatable bonds is 7. The van der Waals surface area contributed by atoms with E-state index in [9.17, 15) is 14.7 Å². The summed E-state index contributed by atoms with van der Waals surface area (Å²) in [6.07, 6.45) is 1.66. The van der Waals surface area contributed by atoms with Crippen molar-refractivity contribution in [3.05, 3.63) is 47.3 Å². The summed E-state index contributed by atoms with van der Waals surface area (Å²) in [5.74, 6) is -1.36. The molecule has 2 N–H and O–H groups in total. The van der Waals surface area contributed by atoms with Crippen LogP contribution < -0.4 is 10.3 Å². The van der Waals surface area contributed by atoms with Gasteiger partial charge in [0.15, 0.2) is 6.04 Å². The lowest BCUT2D eigenvalue weighted by atomic mass is 10.1. The number of carbonyl (C=O) groups excluding carboxylic acids is 1. The SMILES string of the molecule is CCc1nn(C)c(CC)c1CNC(=O)C1=NN(c2ccccc2)C(C(=O)O)C1. The predicted molar refractivity (Wildman–Crippen MR) is 106 cm³/mol. The van der Waals surface area contributed by atoms with Crippen molar-refractivity contribution >= 4 is 23.3 Å². The number of para-hydroxylation sites is 1. The van der Waals surface area contributed by atoms with Gasteiger partial charge in [-0.15, -0.1) is 0 Å². The molecular formula is C20H25N5O3. The molecule has 1 amide bonds. The first kappa shape index (κ1) is 19.6. The fraction of sp³-hybridized carbons (Fsp3) is 0.400. The Morgan fingerprint density at radius 1 is 1.21 bits per heavy atom. The van der Waals surface area contributed by atoms with Crippen LogP contribution in [0.2, 0.25) is 0 Å². The van der Waals surface area contributed by atoms with E-state index >= 15 is 0 Å². The lowest BCUT2D eigenvalue weighted by molar-refractivity contribution is -0.138. The molecule has 0 radical (unpaired) electrons. The van der Waals surface area contributed by atoms with Gasteiger partial charge in [-0.1, -0.05) is 32.0 Å². The number of carboxylic acid groups (broad SMARTS) is 1. The van der Waals surface area contributed by atoms with Crippen LogP contribution in [-0.2, 0) is 36.0 Å². The fourth-order valence-electron chi connectivity index (χ4n) is 3.52. The first-order valence-corrected chi connectivity index (χ1v) is 9.42. The number of hydrogen-bond acceptors (Lipinski definition) is 5. The van der Waals surface area contributed by atoms with Crippen LogP contribution in [0.15, 0.2) is 35.4 Å². The Labute approximate surface area is 163 Å². The summed E-state index contributed by atoms with van der Waals surface area (Å²) in [4.78, 5) is 24.3. The van der Waals surface area contributed by atoms with E-state index in [1.54, 1.807) is 12.1 Å². The second kappa shape index (κ2) is 8.24. The minimum Gasteiger partial charge on any atom is -0.480 e. The van der Waals surface area contributed by atoms with E-state index in [-0.39, 0.29) is 18.0 Å². The third-order valence-electron chi connectivity index (χ3n) is 4.93. The van der Waals surface area contributed by atoms with Crippen LogP contribution in [-0.4, -0.2) is 38.5 Å². The van der Waals surface area contributed by atoms with Gasteiger partial charge < -0.3 is 10.4 Å². The third kappa shape index (κ3) is 3.76. The van der Waals surface area contributed by atoms with Crippen molar-refractivity contribution in [2.75, 3.05) is 5.01 Å². The monoisotopic (exact) mass is 383 g/mol. The van der Waals surface area contributed by atoms with Gasteiger partial charge >= 0.3 is 5.97 Å². The van der Waals surface area contributed by atoms with Crippen molar-refractivity contribution < 1.29 is 14.7 Å². The summed E-state index contributed by atoms with van der Waals surface area (Å²) in [6, 6.07) is 8.12. The maximum atomic E-state index is 12.7. The first-order chi connectivity index (χ1) is 13.5. The van der Waals surface area contributed by atoms with Crippen molar-refractivity contribution in [3.8, 4) is 0 Å². The van der Waals surface area contributed by atoms with Gasteiger partial charge in [-0.05, 0) is 25.0 Å². The number of aromatic nitrogens is 2. The molecule has 1 aromatic heterocycles. The molecule has 8 heteroatoms. The molecule has 0 saturated carbocycles. The van der Waals surface area contributed by atoms with Crippen LogP contribution >= 0.6 is 0 Å². The molecule has 0 spiro atoms. The lowest BCUT2D eigenvalue weighted by Gasteiger charge is -2.19. The van der Waals surface area contributed by atoms with Crippen molar-refractivity contribution in [1.29, 1.82) is 0 Å². The highest BCUT2D eigenvalue weighted by atomic mass is 16.4. The van der Waals surface area contributed by atoms with E-state index in [1.807, 2.05) is 36.9 Å². The summed E-state index contributed by atoms with van der Waals surface area (Å²) in [5, 5.41) is 22.6. The maximum Gasteiger partial charge on any atom is 0.328 e. The van der Waals surface area contributed by atoms with Crippen molar-refractivity contribution in [2.24, 2.45) is 12.1 Å². The average Bonchev–Trinajstić information content (AvgIpc) is 3.28. The first-order valence-electron chi connectivity index (χ1n) is 9.42. The molecule has 0 aliphatic carbocycles. The van der Waals surface area contributed by atoms with E-state index in [0.29, 0.717) is 12.2 Å².